The van der Waals surface area contributed by atoms with Crippen LogP contribution in [0.4, 0.5) is 5.69 Å². The molecule has 0 unspecified atom stereocenters. The third-order valence-electron chi connectivity index (χ3n) is 2.13. The molecule has 78 valence electrons. The van der Waals surface area contributed by atoms with Crippen molar-refractivity contribution in [3.05, 3.63) is 29.3 Å². The Hall–Kier alpha value is -1.03. The maximum atomic E-state index is 11.1. The van der Waals surface area contributed by atoms with Crippen LogP contribution >= 0.6 is 0 Å². The minimum Gasteiger partial charge on any atom is -0.388 e. The largest absolute Gasteiger partial charge is 0.388 e. The van der Waals surface area contributed by atoms with Crippen LogP contribution in [0.15, 0.2) is 18.2 Å². The normalized spacial score (nSPS) is 11.4. The number of hydrogen-bond acceptors (Lipinski definition) is 3. The summed E-state index contributed by atoms with van der Waals surface area (Å²) in [5.41, 5.74) is 2.84. The van der Waals surface area contributed by atoms with Crippen LogP contribution in [0.25, 0.3) is 0 Å². The van der Waals surface area contributed by atoms with Gasteiger partial charge in [-0.25, -0.2) is 8.42 Å². The smallest absolute Gasteiger partial charge is 0.151 e. The van der Waals surface area contributed by atoms with E-state index in [1.54, 1.807) is 0 Å². The average Bonchev–Trinajstić information content (AvgIpc) is 2.06. The molecule has 0 saturated heterocycles. The Bertz CT molecular complexity index is 424. The van der Waals surface area contributed by atoms with Gasteiger partial charge in [0.15, 0.2) is 9.84 Å². The summed E-state index contributed by atoms with van der Waals surface area (Å²) in [7, 11) is -1.13. The van der Waals surface area contributed by atoms with Crippen molar-refractivity contribution in [2.45, 2.75) is 12.7 Å². The molecule has 0 aliphatic heterocycles. The van der Waals surface area contributed by atoms with Crippen LogP contribution in [0.1, 0.15) is 11.1 Å². The summed E-state index contributed by atoms with van der Waals surface area (Å²) < 4.78 is 22.3. The lowest BCUT2D eigenvalue weighted by Gasteiger charge is -2.09. The molecule has 0 saturated carbocycles. The molecule has 0 amide bonds. The third kappa shape index (κ3) is 2.73. The minimum atomic E-state index is -2.95. The first kappa shape index (κ1) is 11.0. The highest BCUT2D eigenvalue weighted by atomic mass is 32.2. The van der Waals surface area contributed by atoms with E-state index in [1.807, 2.05) is 32.2 Å². The lowest BCUT2D eigenvalue weighted by Crippen LogP contribution is -2.04. The molecule has 0 aromatic heterocycles. The molecule has 0 spiro atoms. The van der Waals surface area contributed by atoms with Crippen LogP contribution in [0.2, 0.25) is 0 Å². The Kier molecular flexibility index (Phi) is 3.16. The van der Waals surface area contributed by atoms with Gasteiger partial charge < -0.3 is 5.32 Å². The second kappa shape index (κ2) is 4.00. The van der Waals surface area contributed by atoms with Crippen molar-refractivity contribution in [3.63, 3.8) is 0 Å². The summed E-state index contributed by atoms with van der Waals surface area (Å²) in [5.74, 6) is 0.106. The van der Waals surface area contributed by atoms with Gasteiger partial charge in [0, 0.05) is 19.0 Å². The molecule has 0 heterocycles. The minimum absolute atomic E-state index is 0.106. The van der Waals surface area contributed by atoms with Crippen molar-refractivity contribution in [2.24, 2.45) is 0 Å². The van der Waals surface area contributed by atoms with Gasteiger partial charge in [-0.3, -0.25) is 0 Å². The third-order valence-corrected chi connectivity index (χ3v) is 2.97. The molecule has 0 aliphatic carbocycles. The highest BCUT2D eigenvalue weighted by molar-refractivity contribution is 7.89. The van der Waals surface area contributed by atoms with Gasteiger partial charge in [0.05, 0.1) is 5.75 Å². The molecular formula is C10H15NO2S. The quantitative estimate of drug-likeness (QED) is 0.829. The van der Waals surface area contributed by atoms with Gasteiger partial charge in [0.25, 0.3) is 0 Å². The maximum Gasteiger partial charge on any atom is 0.151 e. The molecule has 0 radical (unpaired) electrons. The summed E-state index contributed by atoms with van der Waals surface area (Å²) in [5, 5.41) is 3.03. The first-order chi connectivity index (χ1) is 6.44. The summed E-state index contributed by atoms with van der Waals surface area (Å²) in [6, 6.07) is 5.64. The van der Waals surface area contributed by atoms with Crippen molar-refractivity contribution in [3.8, 4) is 0 Å². The van der Waals surface area contributed by atoms with E-state index >= 15 is 0 Å². The Balaban J connectivity index is 3.10. The summed E-state index contributed by atoms with van der Waals surface area (Å²) in [6.45, 7) is 1.92. The van der Waals surface area contributed by atoms with Gasteiger partial charge in [0.2, 0.25) is 0 Å². The zero-order valence-corrected chi connectivity index (χ0v) is 9.48. The molecule has 14 heavy (non-hydrogen) atoms. The fraction of sp³-hybridized carbons (Fsp3) is 0.400. The van der Waals surface area contributed by atoms with Gasteiger partial charge in [-0.05, 0) is 24.1 Å². The van der Waals surface area contributed by atoms with Crippen LogP contribution in [-0.2, 0) is 15.6 Å². The SMILES string of the molecule is CNc1cccc(CS(C)(=O)=O)c1C. The van der Waals surface area contributed by atoms with E-state index in [0.717, 1.165) is 16.8 Å². The number of rotatable bonds is 3. The van der Waals surface area contributed by atoms with Gasteiger partial charge in [-0.1, -0.05) is 12.1 Å². The number of anilines is 1. The van der Waals surface area contributed by atoms with E-state index in [2.05, 4.69) is 5.32 Å². The molecule has 1 aromatic rings. The predicted octanol–water partition coefficient (Wildman–Crippen LogP) is 1.58. The summed E-state index contributed by atoms with van der Waals surface area (Å²) >= 11 is 0. The number of hydrogen-bond donors (Lipinski definition) is 1. The van der Waals surface area contributed by atoms with Gasteiger partial charge in [-0.2, -0.15) is 0 Å². The topological polar surface area (TPSA) is 46.2 Å². The van der Waals surface area contributed by atoms with E-state index in [9.17, 15) is 8.42 Å². The van der Waals surface area contributed by atoms with Crippen molar-refractivity contribution >= 4 is 15.5 Å². The van der Waals surface area contributed by atoms with Crippen molar-refractivity contribution in [1.82, 2.24) is 0 Å². The van der Waals surface area contributed by atoms with Crippen LogP contribution in [0, 0.1) is 6.92 Å². The Morgan fingerprint density at radius 1 is 1.36 bits per heavy atom. The molecule has 3 nitrogen and oxygen atoms in total. The van der Waals surface area contributed by atoms with Gasteiger partial charge in [-0.15, -0.1) is 0 Å². The monoisotopic (exact) mass is 213 g/mol. The van der Waals surface area contributed by atoms with Crippen molar-refractivity contribution in [2.75, 3.05) is 18.6 Å². The van der Waals surface area contributed by atoms with Crippen LogP contribution in [0.3, 0.4) is 0 Å². The highest BCUT2D eigenvalue weighted by Gasteiger charge is 2.08. The van der Waals surface area contributed by atoms with Crippen LogP contribution in [0.5, 0.6) is 0 Å². The maximum absolute atomic E-state index is 11.1. The van der Waals surface area contributed by atoms with E-state index < -0.39 is 9.84 Å². The first-order valence-electron chi connectivity index (χ1n) is 4.38. The Morgan fingerprint density at radius 2 is 2.00 bits per heavy atom. The molecule has 0 fully saturated rings. The summed E-state index contributed by atoms with van der Waals surface area (Å²) in [6.07, 6.45) is 1.25. The molecule has 4 heteroatoms. The number of benzene rings is 1. The zero-order valence-electron chi connectivity index (χ0n) is 8.66. The van der Waals surface area contributed by atoms with E-state index in [0.29, 0.717) is 0 Å². The molecular weight excluding hydrogens is 198 g/mol. The van der Waals surface area contributed by atoms with E-state index in [1.165, 1.54) is 6.26 Å². The van der Waals surface area contributed by atoms with Crippen molar-refractivity contribution in [1.29, 1.82) is 0 Å². The molecule has 1 aromatic carbocycles. The van der Waals surface area contributed by atoms with Crippen LogP contribution < -0.4 is 5.32 Å². The zero-order chi connectivity index (χ0) is 10.8. The fourth-order valence-corrected chi connectivity index (χ4v) is 2.27. The Labute approximate surface area is 85.1 Å². The molecule has 0 atom stereocenters. The second-order valence-corrected chi connectivity index (χ2v) is 5.55. The Morgan fingerprint density at radius 3 is 2.50 bits per heavy atom. The van der Waals surface area contributed by atoms with Crippen LogP contribution in [-0.4, -0.2) is 21.7 Å². The summed E-state index contributed by atoms with van der Waals surface area (Å²) in [4.78, 5) is 0. The number of sulfone groups is 1. The molecule has 0 aliphatic rings. The average molecular weight is 213 g/mol. The van der Waals surface area contributed by atoms with E-state index in [-0.39, 0.29) is 5.75 Å². The first-order valence-corrected chi connectivity index (χ1v) is 6.44. The molecule has 0 bridgehead atoms. The van der Waals surface area contributed by atoms with Gasteiger partial charge in [0.1, 0.15) is 0 Å². The highest BCUT2D eigenvalue weighted by Crippen LogP contribution is 2.19. The molecule has 1 rings (SSSR count). The lowest BCUT2D eigenvalue weighted by molar-refractivity contribution is 0.601. The lowest BCUT2D eigenvalue weighted by atomic mass is 10.1. The second-order valence-electron chi connectivity index (χ2n) is 3.41. The standard InChI is InChI=1S/C10H15NO2S/c1-8-9(7-14(3,12)13)5-4-6-10(8)11-2/h4-6,11H,7H2,1-3H3. The van der Waals surface area contributed by atoms with Crippen molar-refractivity contribution < 1.29 is 8.42 Å². The number of nitrogens with one attached hydrogen (secondary N) is 1. The van der Waals surface area contributed by atoms with E-state index in [4.69, 9.17) is 0 Å². The fourth-order valence-electron chi connectivity index (χ4n) is 1.39. The van der Waals surface area contributed by atoms with Gasteiger partial charge >= 0.3 is 0 Å². The molecule has 1 N–H and O–H groups in total. The predicted molar refractivity (Wildman–Crippen MR) is 59.3 cm³/mol.